The minimum absolute atomic E-state index is 0.257. The number of aryl methyl sites for hydroxylation is 1. The summed E-state index contributed by atoms with van der Waals surface area (Å²) in [7, 11) is 3.28. The molecule has 0 N–H and O–H groups in total. The van der Waals surface area contributed by atoms with Gasteiger partial charge in [-0.05, 0) is 49.9 Å². The van der Waals surface area contributed by atoms with E-state index in [9.17, 15) is 8.42 Å². The first-order valence-corrected chi connectivity index (χ1v) is 10.9. The monoisotopic (exact) mass is 416 g/mol. The van der Waals surface area contributed by atoms with E-state index in [1.54, 1.807) is 19.2 Å². The van der Waals surface area contributed by atoms with Crippen molar-refractivity contribution in [3.8, 4) is 5.75 Å². The van der Waals surface area contributed by atoms with Gasteiger partial charge < -0.3 is 9.30 Å². The van der Waals surface area contributed by atoms with Gasteiger partial charge in [0.15, 0.2) is 0 Å². The van der Waals surface area contributed by atoms with Crippen molar-refractivity contribution in [1.29, 1.82) is 0 Å². The number of hydrogen-bond acceptors (Lipinski definition) is 5. The average Bonchev–Trinajstić information content (AvgIpc) is 3.03. The largest absolute Gasteiger partial charge is 0.497 e. The Morgan fingerprint density at radius 2 is 1.83 bits per heavy atom. The predicted molar refractivity (Wildman–Crippen MR) is 114 cm³/mol. The van der Waals surface area contributed by atoms with Crippen LogP contribution in [0.15, 0.2) is 47.4 Å². The van der Waals surface area contributed by atoms with E-state index in [1.807, 2.05) is 31.3 Å². The number of sulfonamides is 1. The molecule has 29 heavy (non-hydrogen) atoms. The van der Waals surface area contributed by atoms with Crippen molar-refractivity contribution < 1.29 is 13.2 Å². The second kappa shape index (κ2) is 8.52. The van der Waals surface area contributed by atoms with Crippen molar-refractivity contribution in [2.45, 2.75) is 31.5 Å². The summed E-state index contributed by atoms with van der Waals surface area (Å²) in [4.78, 5) is 7.18. The molecule has 2 aromatic carbocycles. The molecular formula is C21H28N4O3S. The van der Waals surface area contributed by atoms with Crippen molar-refractivity contribution >= 4 is 21.1 Å². The van der Waals surface area contributed by atoms with Crippen LogP contribution in [0.3, 0.4) is 0 Å². The minimum Gasteiger partial charge on any atom is -0.497 e. The number of imidazole rings is 1. The van der Waals surface area contributed by atoms with E-state index in [0.29, 0.717) is 12.1 Å². The van der Waals surface area contributed by atoms with Gasteiger partial charge in [-0.3, -0.25) is 4.90 Å². The molecular weight excluding hydrogens is 388 g/mol. The van der Waals surface area contributed by atoms with E-state index < -0.39 is 10.0 Å². The fourth-order valence-corrected chi connectivity index (χ4v) is 4.31. The zero-order valence-electron chi connectivity index (χ0n) is 17.6. The highest BCUT2D eigenvalue weighted by Gasteiger charge is 2.20. The molecule has 0 saturated carbocycles. The van der Waals surface area contributed by atoms with Gasteiger partial charge in [-0.25, -0.2) is 17.7 Å². The Balaban J connectivity index is 1.88. The molecule has 0 unspecified atom stereocenters. The van der Waals surface area contributed by atoms with Crippen molar-refractivity contribution in [2.24, 2.45) is 0 Å². The highest BCUT2D eigenvalue weighted by atomic mass is 32.2. The molecule has 3 aromatic rings. The van der Waals surface area contributed by atoms with Crippen LogP contribution in [0.1, 0.15) is 18.3 Å². The van der Waals surface area contributed by atoms with Crippen molar-refractivity contribution in [3.05, 3.63) is 53.9 Å². The molecule has 156 valence electrons. The Hall–Kier alpha value is -2.42. The molecule has 0 aliphatic heterocycles. The highest BCUT2D eigenvalue weighted by molar-refractivity contribution is 7.89. The predicted octanol–water partition coefficient (Wildman–Crippen LogP) is 2.95. The minimum atomic E-state index is -3.49. The fraction of sp³-hybridized carbons (Fsp3) is 0.381. The molecule has 0 bridgehead atoms. The number of methoxy groups -OCH3 is 1. The lowest BCUT2D eigenvalue weighted by atomic mass is 10.2. The van der Waals surface area contributed by atoms with Crippen LogP contribution < -0.4 is 4.74 Å². The third kappa shape index (κ3) is 4.44. The van der Waals surface area contributed by atoms with Crippen molar-refractivity contribution in [2.75, 3.05) is 28.3 Å². The van der Waals surface area contributed by atoms with Gasteiger partial charge in [-0.15, -0.1) is 0 Å². The van der Waals surface area contributed by atoms with Crippen LogP contribution in [0.25, 0.3) is 11.0 Å². The van der Waals surface area contributed by atoms with Crippen LogP contribution in [0, 0.1) is 0 Å². The SMILES string of the molecule is CCn1c(CN(C)Cc2cccc(OC)c2)nc2cc(S(=O)(=O)N(C)C)ccc21. The molecule has 8 heteroatoms. The zero-order chi connectivity index (χ0) is 21.2. The van der Waals surface area contributed by atoms with Gasteiger partial charge in [-0.1, -0.05) is 12.1 Å². The second-order valence-corrected chi connectivity index (χ2v) is 9.39. The maximum atomic E-state index is 12.4. The lowest BCUT2D eigenvalue weighted by Gasteiger charge is -2.17. The van der Waals surface area contributed by atoms with Gasteiger partial charge in [0.2, 0.25) is 10.0 Å². The van der Waals surface area contributed by atoms with Gasteiger partial charge in [-0.2, -0.15) is 0 Å². The van der Waals surface area contributed by atoms with Crippen molar-refractivity contribution in [1.82, 2.24) is 18.8 Å². The van der Waals surface area contributed by atoms with Crippen LogP contribution in [0.2, 0.25) is 0 Å². The van der Waals surface area contributed by atoms with Crippen molar-refractivity contribution in [3.63, 3.8) is 0 Å². The number of aromatic nitrogens is 2. The quantitative estimate of drug-likeness (QED) is 0.565. The molecule has 1 heterocycles. The Kier molecular flexibility index (Phi) is 6.26. The molecule has 0 fully saturated rings. The number of benzene rings is 2. The van der Waals surface area contributed by atoms with Gasteiger partial charge >= 0.3 is 0 Å². The van der Waals surface area contributed by atoms with Gasteiger partial charge in [0.25, 0.3) is 0 Å². The van der Waals surface area contributed by atoms with Gasteiger partial charge in [0.05, 0.1) is 29.6 Å². The summed E-state index contributed by atoms with van der Waals surface area (Å²) < 4.78 is 33.5. The lowest BCUT2D eigenvalue weighted by molar-refractivity contribution is 0.305. The molecule has 1 aromatic heterocycles. The van der Waals surface area contributed by atoms with E-state index >= 15 is 0 Å². The highest BCUT2D eigenvalue weighted by Crippen LogP contribution is 2.23. The molecule has 0 atom stereocenters. The Morgan fingerprint density at radius 1 is 1.07 bits per heavy atom. The third-order valence-electron chi connectivity index (χ3n) is 4.89. The molecule has 0 saturated heterocycles. The van der Waals surface area contributed by atoms with Crippen LogP contribution in [-0.2, 0) is 29.7 Å². The molecule has 0 radical (unpaired) electrons. The van der Waals surface area contributed by atoms with E-state index in [4.69, 9.17) is 9.72 Å². The maximum Gasteiger partial charge on any atom is 0.242 e. The molecule has 0 amide bonds. The normalized spacial score (nSPS) is 12.2. The first-order chi connectivity index (χ1) is 13.8. The first kappa shape index (κ1) is 21.3. The molecule has 0 aliphatic carbocycles. The van der Waals surface area contributed by atoms with E-state index in [0.717, 1.165) is 35.7 Å². The van der Waals surface area contributed by atoms with Gasteiger partial charge in [0, 0.05) is 27.2 Å². The lowest BCUT2D eigenvalue weighted by Crippen LogP contribution is -2.22. The molecule has 7 nitrogen and oxygen atoms in total. The number of hydrogen-bond donors (Lipinski definition) is 0. The number of fused-ring (bicyclic) bond motifs is 1. The molecule has 0 aliphatic rings. The summed E-state index contributed by atoms with van der Waals surface area (Å²) in [5, 5.41) is 0. The smallest absolute Gasteiger partial charge is 0.242 e. The van der Waals surface area contributed by atoms with Crippen LogP contribution in [0.4, 0.5) is 0 Å². The Morgan fingerprint density at radius 3 is 2.48 bits per heavy atom. The third-order valence-corrected chi connectivity index (χ3v) is 6.70. The number of ether oxygens (including phenoxy) is 1. The van der Waals surface area contributed by atoms with Crippen LogP contribution >= 0.6 is 0 Å². The van der Waals surface area contributed by atoms with E-state index in [-0.39, 0.29) is 4.90 Å². The molecule has 0 spiro atoms. The van der Waals surface area contributed by atoms with Crippen LogP contribution in [0.5, 0.6) is 5.75 Å². The standard InChI is InChI=1S/C21H28N4O3S/c1-6-25-20-11-10-18(29(26,27)23(2)3)13-19(20)22-21(25)15-24(4)14-16-8-7-9-17(12-16)28-5/h7-13H,6,14-15H2,1-5H3. The summed E-state index contributed by atoms with van der Waals surface area (Å²) >= 11 is 0. The van der Waals surface area contributed by atoms with Gasteiger partial charge in [0.1, 0.15) is 11.6 Å². The number of rotatable bonds is 8. The second-order valence-electron chi connectivity index (χ2n) is 7.23. The Bertz CT molecular complexity index is 1110. The first-order valence-electron chi connectivity index (χ1n) is 9.49. The fourth-order valence-electron chi connectivity index (χ4n) is 3.38. The van der Waals surface area contributed by atoms with Crippen LogP contribution in [-0.4, -0.2) is 55.4 Å². The van der Waals surface area contributed by atoms with E-state index in [1.165, 1.54) is 18.4 Å². The van der Waals surface area contributed by atoms with E-state index in [2.05, 4.69) is 22.5 Å². The summed E-state index contributed by atoms with van der Waals surface area (Å²) in [5.41, 5.74) is 2.79. The summed E-state index contributed by atoms with van der Waals surface area (Å²) in [6, 6.07) is 13.2. The topological polar surface area (TPSA) is 67.7 Å². The number of nitrogens with zero attached hydrogens (tertiary/aromatic N) is 4. The zero-order valence-corrected chi connectivity index (χ0v) is 18.4. The Labute approximate surface area is 172 Å². The summed E-state index contributed by atoms with van der Waals surface area (Å²) in [6.45, 7) is 4.23. The summed E-state index contributed by atoms with van der Waals surface area (Å²) in [6.07, 6.45) is 0. The maximum absolute atomic E-state index is 12.4. The molecule has 3 rings (SSSR count). The summed E-state index contributed by atoms with van der Waals surface area (Å²) in [5.74, 6) is 1.75. The average molecular weight is 417 g/mol.